The maximum absolute atomic E-state index is 12.4. The lowest BCUT2D eigenvalue weighted by Crippen LogP contribution is -2.29. The van der Waals surface area contributed by atoms with Crippen molar-refractivity contribution in [2.75, 3.05) is 13.2 Å². The Morgan fingerprint density at radius 1 is 0.500 bits per heavy atom. The first-order valence-corrected chi connectivity index (χ1v) is 22.1. The topological polar surface area (TPSA) is 119 Å². The molecule has 0 aromatic heterocycles. The maximum atomic E-state index is 12.4. The third-order valence-electron chi connectivity index (χ3n) is 8.51. The second kappa shape index (κ2) is 38.5. The Bertz CT molecular complexity index is 1030. The number of carbonyl (C=O) groups excluding carboxylic acids is 2. The summed E-state index contributed by atoms with van der Waals surface area (Å²) in [5.74, 6) is -0.929. The van der Waals surface area contributed by atoms with Gasteiger partial charge in [-0.15, -0.1) is 0 Å². The van der Waals surface area contributed by atoms with Gasteiger partial charge in [0.15, 0.2) is 6.10 Å². The van der Waals surface area contributed by atoms with E-state index in [1.54, 1.807) is 0 Å². The molecule has 9 heteroatoms. The van der Waals surface area contributed by atoms with Crippen LogP contribution >= 0.6 is 7.82 Å². The van der Waals surface area contributed by atoms with Crippen molar-refractivity contribution in [1.82, 2.24) is 0 Å². The Labute approximate surface area is 317 Å². The monoisotopic (exact) mass is 751 g/mol. The number of ether oxygens (including phenoxy) is 2. The van der Waals surface area contributed by atoms with Gasteiger partial charge in [-0.05, 0) is 83.5 Å². The fourth-order valence-corrected chi connectivity index (χ4v) is 5.77. The van der Waals surface area contributed by atoms with Crippen molar-refractivity contribution >= 4 is 19.8 Å². The van der Waals surface area contributed by atoms with Gasteiger partial charge in [0.1, 0.15) is 6.61 Å². The smallest absolute Gasteiger partial charge is 0.462 e. The molecule has 0 aromatic carbocycles. The number of rotatable bonds is 37. The fraction of sp³-hybridized carbons (Fsp3) is 0.721. The summed E-state index contributed by atoms with van der Waals surface area (Å²) in [5, 5.41) is 0. The van der Waals surface area contributed by atoms with Crippen molar-refractivity contribution in [3.63, 3.8) is 0 Å². The number of hydrogen-bond donors (Lipinski definition) is 2. The summed E-state index contributed by atoms with van der Waals surface area (Å²) >= 11 is 0. The number of unbranched alkanes of at least 4 members (excludes halogenated alkanes) is 17. The highest BCUT2D eigenvalue weighted by atomic mass is 31.2. The summed E-state index contributed by atoms with van der Waals surface area (Å²) in [5.41, 5.74) is 0. The van der Waals surface area contributed by atoms with E-state index in [9.17, 15) is 14.2 Å². The summed E-state index contributed by atoms with van der Waals surface area (Å²) in [6.45, 7) is 3.61. The highest BCUT2D eigenvalue weighted by Crippen LogP contribution is 2.36. The average Bonchev–Trinajstić information content (AvgIpc) is 3.11. The number of phosphoric ester groups is 1. The number of hydrogen-bond acceptors (Lipinski definition) is 6. The molecule has 0 saturated carbocycles. The summed E-state index contributed by atoms with van der Waals surface area (Å²) in [6, 6.07) is 0. The molecule has 300 valence electrons. The zero-order valence-electron chi connectivity index (χ0n) is 32.9. The normalized spacial score (nSPS) is 13.1. The third-order valence-corrected chi connectivity index (χ3v) is 8.99. The van der Waals surface area contributed by atoms with Crippen LogP contribution in [0.4, 0.5) is 0 Å². The molecule has 0 aliphatic rings. The van der Waals surface area contributed by atoms with Gasteiger partial charge in [-0.25, -0.2) is 4.57 Å². The van der Waals surface area contributed by atoms with E-state index in [0.29, 0.717) is 12.8 Å². The Kier molecular flexibility index (Phi) is 36.8. The quantitative estimate of drug-likeness (QED) is 0.0279. The second-order valence-electron chi connectivity index (χ2n) is 13.6. The first-order chi connectivity index (χ1) is 25.3. The minimum atomic E-state index is -4.76. The Hall–Kier alpha value is -2.25. The van der Waals surface area contributed by atoms with Crippen LogP contribution < -0.4 is 0 Å². The van der Waals surface area contributed by atoms with Gasteiger partial charge in [0, 0.05) is 12.8 Å². The minimum absolute atomic E-state index is 0.197. The van der Waals surface area contributed by atoms with E-state index in [1.807, 2.05) is 0 Å². The SMILES string of the molecule is CCCCC/C=C/C/C=C/C/C=C/C/C=C/CCCCCC(=O)OC[C@H](COP(=O)(O)O)OC(=O)CCCCCCCCC/C=C/CCCCCC. The van der Waals surface area contributed by atoms with Gasteiger partial charge in [-0.3, -0.25) is 14.1 Å². The molecule has 0 fully saturated rings. The predicted octanol–water partition coefficient (Wildman–Crippen LogP) is 12.5. The molecule has 0 unspecified atom stereocenters. The van der Waals surface area contributed by atoms with Gasteiger partial charge in [-0.1, -0.05) is 145 Å². The third kappa shape index (κ3) is 40.5. The van der Waals surface area contributed by atoms with E-state index in [2.05, 4.69) is 79.1 Å². The van der Waals surface area contributed by atoms with Gasteiger partial charge in [0.2, 0.25) is 0 Å². The molecule has 0 aliphatic heterocycles. The highest BCUT2D eigenvalue weighted by molar-refractivity contribution is 7.46. The predicted molar refractivity (Wildman–Crippen MR) is 216 cm³/mol. The van der Waals surface area contributed by atoms with E-state index in [-0.39, 0.29) is 19.4 Å². The van der Waals surface area contributed by atoms with Crippen LogP contribution in [-0.2, 0) is 28.2 Å². The van der Waals surface area contributed by atoms with E-state index >= 15 is 0 Å². The summed E-state index contributed by atoms with van der Waals surface area (Å²) in [7, 11) is -4.76. The van der Waals surface area contributed by atoms with Crippen molar-refractivity contribution in [3.8, 4) is 0 Å². The van der Waals surface area contributed by atoms with Gasteiger partial charge < -0.3 is 19.3 Å². The van der Waals surface area contributed by atoms with E-state index < -0.39 is 32.5 Å². The molecular weight excluding hydrogens is 675 g/mol. The first kappa shape index (κ1) is 49.8. The lowest BCUT2D eigenvalue weighted by molar-refractivity contribution is -0.161. The Balaban J connectivity index is 4.01. The summed E-state index contributed by atoms with van der Waals surface area (Å²) in [4.78, 5) is 42.8. The van der Waals surface area contributed by atoms with Crippen LogP contribution in [0.3, 0.4) is 0 Å². The lowest BCUT2D eigenvalue weighted by atomic mass is 10.1. The molecule has 0 spiro atoms. The molecule has 0 aromatic rings. The Morgan fingerprint density at radius 2 is 0.865 bits per heavy atom. The van der Waals surface area contributed by atoms with Crippen LogP contribution in [0.1, 0.15) is 181 Å². The zero-order valence-corrected chi connectivity index (χ0v) is 33.8. The molecule has 1 atom stereocenters. The lowest BCUT2D eigenvalue weighted by Gasteiger charge is -2.18. The van der Waals surface area contributed by atoms with Gasteiger partial charge in [0.05, 0.1) is 6.61 Å². The standard InChI is InChI=1S/C43H75O8P/c1-3-5-7-9-11-13-15-17-19-20-21-22-24-25-27-29-31-33-35-37-42(44)49-39-41(40-50-52(46,47)48)51-43(45)38-36-34-32-30-28-26-23-18-16-14-12-10-8-6-4-2/h11,13-14,16-17,19,21-22,25,27,41H,3-10,12,15,18,20,23-24,26,28-40H2,1-2H3,(H2,46,47,48)/b13-11+,16-14+,19-17+,22-21+,27-25+/t41-/m1/s1. The van der Waals surface area contributed by atoms with Crippen LogP contribution in [0, 0.1) is 0 Å². The molecule has 0 bridgehead atoms. The number of phosphoric acid groups is 1. The molecule has 0 radical (unpaired) electrons. The van der Waals surface area contributed by atoms with Crippen LogP contribution in [0.25, 0.3) is 0 Å². The zero-order chi connectivity index (χ0) is 38.2. The van der Waals surface area contributed by atoms with Crippen molar-refractivity contribution in [2.45, 2.75) is 187 Å². The van der Waals surface area contributed by atoms with E-state index in [1.165, 1.54) is 77.0 Å². The largest absolute Gasteiger partial charge is 0.469 e. The molecule has 2 N–H and O–H groups in total. The van der Waals surface area contributed by atoms with Crippen molar-refractivity contribution < 1.29 is 37.9 Å². The maximum Gasteiger partial charge on any atom is 0.469 e. The molecule has 0 heterocycles. The average molecular weight is 751 g/mol. The molecule has 52 heavy (non-hydrogen) atoms. The summed E-state index contributed by atoms with van der Waals surface area (Å²) < 4.78 is 26.3. The van der Waals surface area contributed by atoms with Crippen molar-refractivity contribution in [2.24, 2.45) is 0 Å². The number of allylic oxidation sites excluding steroid dienone is 10. The van der Waals surface area contributed by atoms with Crippen LogP contribution in [0.15, 0.2) is 60.8 Å². The van der Waals surface area contributed by atoms with Crippen molar-refractivity contribution in [3.05, 3.63) is 60.8 Å². The van der Waals surface area contributed by atoms with E-state index in [4.69, 9.17) is 19.3 Å². The minimum Gasteiger partial charge on any atom is -0.462 e. The van der Waals surface area contributed by atoms with Gasteiger partial charge in [-0.2, -0.15) is 0 Å². The number of esters is 2. The second-order valence-corrected chi connectivity index (χ2v) is 14.8. The summed E-state index contributed by atoms with van der Waals surface area (Å²) in [6.07, 6.45) is 47.9. The van der Waals surface area contributed by atoms with Crippen molar-refractivity contribution in [1.29, 1.82) is 0 Å². The van der Waals surface area contributed by atoms with Gasteiger partial charge in [0.25, 0.3) is 0 Å². The van der Waals surface area contributed by atoms with Crippen LogP contribution in [0.2, 0.25) is 0 Å². The molecule has 0 aliphatic carbocycles. The first-order valence-electron chi connectivity index (χ1n) is 20.6. The fourth-order valence-electron chi connectivity index (χ4n) is 5.41. The molecule has 0 saturated heterocycles. The van der Waals surface area contributed by atoms with Crippen LogP contribution in [-0.4, -0.2) is 41.0 Å². The van der Waals surface area contributed by atoms with Crippen LogP contribution in [0.5, 0.6) is 0 Å². The Morgan fingerprint density at radius 3 is 1.37 bits per heavy atom. The highest BCUT2D eigenvalue weighted by Gasteiger charge is 2.22. The molecule has 8 nitrogen and oxygen atoms in total. The van der Waals surface area contributed by atoms with E-state index in [0.717, 1.165) is 64.2 Å². The van der Waals surface area contributed by atoms with Gasteiger partial charge >= 0.3 is 19.8 Å². The molecule has 0 amide bonds. The molecule has 0 rings (SSSR count). The number of carbonyl (C=O) groups is 2. The molecular formula is C43H75O8P.